The van der Waals surface area contributed by atoms with E-state index in [4.69, 9.17) is 4.99 Å². The molecular formula is C22H39N7S. The van der Waals surface area contributed by atoms with Crippen LogP contribution in [-0.4, -0.2) is 74.9 Å². The number of nitrogens with one attached hydrogen (secondary N) is 2. The molecule has 4 rings (SSSR count). The predicted octanol–water partition coefficient (Wildman–Crippen LogP) is 2.46. The maximum Gasteiger partial charge on any atom is 0.191 e. The van der Waals surface area contributed by atoms with Crippen molar-refractivity contribution in [2.75, 3.05) is 37.7 Å². The van der Waals surface area contributed by atoms with Gasteiger partial charge in [0.05, 0.1) is 13.1 Å². The third-order valence-corrected chi connectivity index (χ3v) is 7.84. The Morgan fingerprint density at radius 3 is 2.73 bits per heavy atom. The van der Waals surface area contributed by atoms with Gasteiger partial charge in [0, 0.05) is 55.6 Å². The molecular weight excluding hydrogens is 394 g/mol. The average molecular weight is 434 g/mol. The smallest absolute Gasteiger partial charge is 0.191 e. The molecule has 1 unspecified atom stereocenters. The Labute approximate surface area is 185 Å². The van der Waals surface area contributed by atoms with Gasteiger partial charge in [0.15, 0.2) is 11.8 Å². The number of aromatic nitrogens is 3. The number of fused-ring (bicyclic) bond motifs is 1. The standard InChI is InChI=1S/C22H39N7S/c1-3-19-26-20-9-8-18(16-29(20)27-19)25-21(23-4-2)24-17-22(10-6-5-7-11-22)28-12-14-30-15-13-28/h18H,3-17H2,1-2H3,(H2,23,24,25). The maximum absolute atomic E-state index is 5.16. The summed E-state index contributed by atoms with van der Waals surface area (Å²) in [6, 6.07) is 0.357. The van der Waals surface area contributed by atoms with Gasteiger partial charge in [0.1, 0.15) is 5.82 Å². The Morgan fingerprint density at radius 1 is 1.20 bits per heavy atom. The van der Waals surface area contributed by atoms with Crippen LogP contribution in [0.4, 0.5) is 0 Å². The lowest BCUT2D eigenvalue weighted by molar-refractivity contribution is 0.0671. The summed E-state index contributed by atoms with van der Waals surface area (Å²) in [4.78, 5) is 12.6. The van der Waals surface area contributed by atoms with E-state index in [1.807, 2.05) is 0 Å². The second-order valence-corrected chi connectivity index (χ2v) is 10.2. The Bertz CT molecular complexity index is 704. The minimum Gasteiger partial charge on any atom is -0.357 e. The Hall–Kier alpha value is -1.28. The van der Waals surface area contributed by atoms with E-state index in [2.05, 4.69) is 55.9 Å². The first-order valence-electron chi connectivity index (χ1n) is 12.0. The first-order chi connectivity index (χ1) is 14.7. The molecule has 1 aliphatic carbocycles. The number of guanidine groups is 1. The van der Waals surface area contributed by atoms with E-state index in [9.17, 15) is 0 Å². The molecule has 3 heterocycles. The highest BCUT2D eigenvalue weighted by Gasteiger charge is 2.38. The second kappa shape index (κ2) is 10.4. The van der Waals surface area contributed by atoms with Gasteiger partial charge in [-0.2, -0.15) is 16.9 Å². The number of nitrogens with zero attached hydrogens (tertiary/aromatic N) is 5. The van der Waals surface area contributed by atoms with Gasteiger partial charge in [-0.25, -0.2) is 9.67 Å². The Morgan fingerprint density at radius 2 is 2.00 bits per heavy atom. The number of aryl methyl sites for hydroxylation is 2. The monoisotopic (exact) mass is 433 g/mol. The molecule has 1 saturated carbocycles. The number of hydrogen-bond donors (Lipinski definition) is 2. The summed E-state index contributed by atoms with van der Waals surface area (Å²) in [7, 11) is 0. The molecule has 8 heteroatoms. The summed E-state index contributed by atoms with van der Waals surface area (Å²) < 4.78 is 2.09. The van der Waals surface area contributed by atoms with Crippen molar-refractivity contribution < 1.29 is 0 Å². The molecule has 1 saturated heterocycles. The summed E-state index contributed by atoms with van der Waals surface area (Å²) >= 11 is 2.10. The molecule has 3 aliphatic rings. The zero-order valence-corrected chi connectivity index (χ0v) is 19.6. The molecule has 2 aliphatic heterocycles. The van der Waals surface area contributed by atoms with Crippen molar-refractivity contribution in [1.29, 1.82) is 0 Å². The van der Waals surface area contributed by atoms with Crippen LogP contribution < -0.4 is 10.6 Å². The number of thioether (sulfide) groups is 1. The van der Waals surface area contributed by atoms with Crippen molar-refractivity contribution in [2.45, 2.75) is 83.3 Å². The minimum absolute atomic E-state index is 0.267. The minimum atomic E-state index is 0.267. The third kappa shape index (κ3) is 5.13. The van der Waals surface area contributed by atoms with Gasteiger partial charge in [-0.05, 0) is 26.2 Å². The van der Waals surface area contributed by atoms with E-state index in [0.717, 1.165) is 56.5 Å². The zero-order chi connectivity index (χ0) is 20.8. The van der Waals surface area contributed by atoms with Gasteiger partial charge < -0.3 is 10.6 Å². The fourth-order valence-electron chi connectivity index (χ4n) is 5.19. The lowest BCUT2D eigenvalue weighted by Crippen LogP contribution is -2.56. The van der Waals surface area contributed by atoms with Crippen LogP contribution in [0.2, 0.25) is 0 Å². The first-order valence-corrected chi connectivity index (χ1v) is 13.2. The molecule has 30 heavy (non-hydrogen) atoms. The summed E-state index contributed by atoms with van der Waals surface area (Å²) in [5.41, 5.74) is 0.267. The van der Waals surface area contributed by atoms with E-state index in [0.29, 0.717) is 6.04 Å². The third-order valence-electron chi connectivity index (χ3n) is 6.90. The predicted molar refractivity (Wildman–Crippen MR) is 125 cm³/mol. The van der Waals surface area contributed by atoms with E-state index in [1.54, 1.807) is 0 Å². The molecule has 1 atom stereocenters. The molecule has 0 aromatic carbocycles. The Balaban J connectivity index is 1.43. The SMILES string of the molecule is CCNC(=NCC1(N2CCSCC2)CCCCC1)NC1CCc2nc(CC)nn2C1. The summed E-state index contributed by atoms with van der Waals surface area (Å²) in [5, 5.41) is 11.9. The highest BCUT2D eigenvalue weighted by atomic mass is 32.2. The van der Waals surface area contributed by atoms with Crippen LogP contribution in [0.25, 0.3) is 0 Å². The molecule has 7 nitrogen and oxygen atoms in total. The Kier molecular flexibility index (Phi) is 7.57. The van der Waals surface area contributed by atoms with E-state index < -0.39 is 0 Å². The van der Waals surface area contributed by atoms with Crippen LogP contribution in [0.3, 0.4) is 0 Å². The van der Waals surface area contributed by atoms with Crippen molar-refractivity contribution >= 4 is 17.7 Å². The highest BCUT2D eigenvalue weighted by molar-refractivity contribution is 7.99. The van der Waals surface area contributed by atoms with Gasteiger partial charge in [-0.1, -0.05) is 26.2 Å². The van der Waals surface area contributed by atoms with Crippen LogP contribution in [0.1, 0.15) is 64.0 Å². The van der Waals surface area contributed by atoms with Crippen molar-refractivity contribution in [2.24, 2.45) is 4.99 Å². The highest BCUT2D eigenvalue weighted by Crippen LogP contribution is 2.35. The molecule has 168 valence electrons. The van der Waals surface area contributed by atoms with Crippen LogP contribution >= 0.6 is 11.8 Å². The molecule has 0 amide bonds. The van der Waals surface area contributed by atoms with Crippen molar-refractivity contribution in [1.82, 2.24) is 30.3 Å². The second-order valence-electron chi connectivity index (χ2n) is 8.94. The first kappa shape index (κ1) is 21.9. The molecule has 0 radical (unpaired) electrons. The van der Waals surface area contributed by atoms with Gasteiger partial charge in [0.25, 0.3) is 0 Å². The van der Waals surface area contributed by atoms with Crippen LogP contribution in [-0.2, 0) is 19.4 Å². The molecule has 1 aromatic rings. The van der Waals surface area contributed by atoms with E-state index in [1.165, 1.54) is 56.7 Å². The molecule has 1 aromatic heterocycles. The maximum atomic E-state index is 5.16. The number of hydrogen-bond acceptors (Lipinski definition) is 5. The normalized spacial score (nSPS) is 25.0. The molecule has 0 spiro atoms. The van der Waals surface area contributed by atoms with Gasteiger partial charge in [0.2, 0.25) is 0 Å². The van der Waals surface area contributed by atoms with E-state index in [-0.39, 0.29) is 5.54 Å². The van der Waals surface area contributed by atoms with Crippen molar-refractivity contribution in [3.8, 4) is 0 Å². The molecule has 2 N–H and O–H groups in total. The van der Waals surface area contributed by atoms with Crippen molar-refractivity contribution in [3.63, 3.8) is 0 Å². The number of aliphatic imine (C=N–C) groups is 1. The van der Waals surface area contributed by atoms with Gasteiger partial charge in [-0.3, -0.25) is 9.89 Å². The topological polar surface area (TPSA) is 70.4 Å². The van der Waals surface area contributed by atoms with Gasteiger partial charge in [-0.15, -0.1) is 0 Å². The van der Waals surface area contributed by atoms with Crippen LogP contribution in [0, 0.1) is 0 Å². The lowest BCUT2D eigenvalue weighted by Gasteiger charge is -2.47. The summed E-state index contributed by atoms with van der Waals surface area (Å²) in [6.45, 7) is 9.40. The fourth-order valence-corrected chi connectivity index (χ4v) is 6.09. The zero-order valence-electron chi connectivity index (χ0n) is 18.8. The largest absolute Gasteiger partial charge is 0.357 e. The van der Waals surface area contributed by atoms with Crippen LogP contribution in [0.5, 0.6) is 0 Å². The lowest BCUT2D eigenvalue weighted by atomic mass is 9.80. The molecule has 0 bridgehead atoms. The summed E-state index contributed by atoms with van der Waals surface area (Å²) in [5.74, 6) is 5.61. The quantitative estimate of drug-likeness (QED) is 0.531. The molecule has 2 fully saturated rings. The number of rotatable bonds is 6. The van der Waals surface area contributed by atoms with E-state index >= 15 is 0 Å². The van der Waals surface area contributed by atoms with Crippen molar-refractivity contribution in [3.05, 3.63) is 11.6 Å². The average Bonchev–Trinajstić information content (AvgIpc) is 3.21. The van der Waals surface area contributed by atoms with Gasteiger partial charge >= 0.3 is 0 Å². The van der Waals surface area contributed by atoms with Crippen LogP contribution in [0.15, 0.2) is 4.99 Å². The summed E-state index contributed by atoms with van der Waals surface area (Å²) in [6.07, 6.45) is 9.65. The fraction of sp³-hybridized carbons (Fsp3) is 0.864.